The number of aromatic nitrogens is 1. The average Bonchev–Trinajstić information content (AvgIpc) is 2.26. The van der Waals surface area contributed by atoms with Gasteiger partial charge in [0.1, 0.15) is 0 Å². The van der Waals surface area contributed by atoms with Crippen molar-refractivity contribution in [2.24, 2.45) is 0 Å². The summed E-state index contributed by atoms with van der Waals surface area (Å²) in [6.07, 6.45) is 0. The van der Waals surface area contributed by atoms with Crippen molar-refractivity contribution >= 4 is 45.7 Å². The Balaban J connectivity index is 2.82. The first kappa shape index (κ1) is 12.9. The molecule has 1 aromatic heterocycles. The lowest BCUT2D eigenvalue weighted by Gasteiger charge is -2.11. The first-order valence-electron chi connectivity index (χ1n) is 5.37. The highest BCUT2D eigenvalue weighted by Gasteiger charge is 2.11. The van der Waals surface area contributed by atoms with Gasteiger partial charge in [0.2, 0.25) is 0 Å². The van der Waals surface area contributed by atoms with E-state index in [9.17, 15) is 0 Å². The maximum Gasteiger partial charge on any atom is 0.0738 e. The zero-order valence-electron chi connectivity index (χ0n) is 9.60. The number of halogens is 3. The van der Waals surface area contributed by atoms with Crippen LogP contribution in [0.1, 0.15) is 31.0 Å². The minimum Gasteiger partial charge on any atom is -0.252 e. The van der Waals surface area contributed by atoms with Crippen LogP contribution in [0.2, 0.25) is 10.0 Å². The second kappa shape index (κ2) is 5.01. The van der Waals surface area contributed by atoms with Gasteiger partial charge in [-0.3, -0.25) is 4.98 Å². The zero-order chi connectivity index (χ0) is 12.6. The first-order chi connectivity index (χ1) is 8.02. The molecule has 0 atom stereocenters. The van der Waals surface area contributed by atoms with Crippen LogP contribution in [0.25, 0.3) is 10.9 Å². The Kier molecular flexibility index (Phi) is 3.82. The van der Waals surface area contributed by atoms with Gasteiger partial charge in [-0.25, -0.2) is 0 Å². The maximum atomic E-state index is 6.20. The molecule has 2 aromatic rings. The van der Waals surface area contributed by atoms with Crippen molar-refractivity contribution in [3.63, 3.8) is 0 Å². The number of fused-ring (bicyclic) bond motifs is 1. The lowest BCUT2D eigenvalue weighted by atomic mass is 10.0. The Morgan fingerprint density at radius 3 is 2.47 bits per heavy atom. The van der Waals surface area contributed by atoms with E-state index < -0.39 is 0 Å². The molecule has 4 heteroatoms. The topological polar surface area (TPSA) is 12.9 Å². The van der Waals surface area contributed by atoms with Crippen molar-refractivity contribution in [2.75, 3.05) is 0 Å². The molecule has 0 amide bonds. The Bertz CT molecular complexity index is 564. The molecule has 0 unspecified atom stereocenters. The summed E-state index contributed by atoms with van der Waals surface area (Å²) in [5.74, 6) is 0.763. The molecule has 0 radical (unpaired) electrons. The summed E-state index contributed by atoms with van der Waals surface area (Å²) >= 11 is 18.2. The van der Waals surface area contributed by atoms with E-state index >= 15 is 0 Å². The number of benzene rings is 1. The molecule has 1 heterocycles. The van der Waals surface area contributed by atoms with Crippen LogP contribution in [0.4, 0.5) is 0 Å². The van der Waals surface area contributed by atoms with Gasteiger partial charge in [0.25, 0.3) is 0 Å². The summed E-state index contributed by atoms with van der Waals surface area (Å²) in [5, 5.41) is 2.10. The van der Waals surface area contributed by atoms with Gasteiger partial charge in [-0.1, -0.05) is 37.0 Å². The molecular weight excluding hydrogens is 277 g/mol. The molecule has 0 saturated heterocycles. The molecule has 17 heavy (non-hydrogen) atoms. The summed E-state index contributed by atoms with van der Waals surface area (Å²) in [4.78, 5) is 4.58. The van der Waals surface area contributed by atoms with Crippen molar-refractivity contribution in [1.29, 1.82) is 0 Å². The molecule has 2 rings (SSSR count). The number of hydrogen-bond acceptors (Lipinski definition) is 1. The Labute approximate surface area is 116 Å². The van der Waals surface area contributed by atoms with Crippen molar-refractivity contribution in [3.8, 4) is 0 Å². The predicted molar refractivity (Wildman–Crippen MR) is 75.4 cm³/mol. The number of hydrogen-bond donors (Lipinski definition) is 0. The zero-order valence-corrected chi connectivity index (χ0v) is 11.9. The summed E-state index contributed by atoms with van der Waals surface area (Å²) in [6, 6.07) is 5.56. The van der Waals surface area contributed by atoms with E-state index in [-0.39, 0.29) is 0 Å². The van der Waals surface area contributed by atoms with Gasteiger partial charge in [-0.2, -0.15) is 0 Å². The third kappa shape index (κ3) is 2.52. The van der Waals surface area contributed by atoms with Crippen molar-refractivity contribution in [1.82, 2.24) is 4.98 Å². The fourth-order valence-corrected chi connectivity index (χ4v) is 2.60. The van der Waals surface area contributed by atoms with Crippen LogP contribution in [0.3, 0.4) is 0 Å². The van der Waals surface area contributed by atoms with Gasteiger partial charge in [-0.15, -0.1) is 11.6 Å². The molecule has 0 spiro atoms. The summed E-state index contributed by atoms with van der Waals surface area (Å²) in [7, 11) is 0. The molecule has 90 valence electrons. The Morgan fingerprint density at radius 1 is 1.18 bits per heavy atom. The second-order valence-corrected chi connectivity index (χ2v) is 5.39. The number of pyridine rings is 1. The van der Waals surface area contributed by atoms with E-state index in [1.807, 2.05) is 12.1 Å². The van der Waals surface area contributed by atoms with Crippen LogP contribution in [0.5, 0.6) is 0 Å². The summed E-state index contributed by atoms with van der Waals surface area (Å²) in [5.41, 5.74) is 2.82. The van der Waals surface area contributed by atoms with E-state index in [2.05, 4.69) is 18.8 Å². The molecule has 1 nitrogen and oxygen atoms in total. The molecule has 0 fully saturated rings. The van der Waals surface area contributed by atoms with E-state index in [1.54, 1.807) is 6.07 Å². The maximum absolute atomic E-state index is 6.20. The largest absolute Gasteiger partial charge is 0.252 e. The molecule has 0 N–H and O–H groups in total. The van der Waals surface area contributed by atoms with Crippen LogP contribution in [0.15, 0.2) is 18.2 Å². The van der Waals surface area contributed by atoms with Gasteiger partial charge < -0.3 is 0 Å². The molecule has 0 aliphatic heterocycles. The van der Waals surface area contributed by atoms with Gasteiger partial charge in [0, 0.05) is 22.0 Å². The fourth-order valence-electron chi connectivity index (χ4n) is 1.79. The Hall–Kier alpha value is -0.500. The van der Waals surface area contributed by atoms with Gasteiger partial charge in [0.15, 0.2) is 0 Å². The van der Waals surface area contributed by atoms with E-state index in [0.29, 0.717) is 21.8 Å². The van der Waals surface area contributed by atoms with Crippen LogP contribution in [-0.4, -0.2) is 4.98 Å². The van der Waals surface area contributed by atoms with E-state index in [4.69, 9.17) is 34.8 Å². The van der Waals surface area contributed by atoms with Gasteiger partial charge in [-0.05, 0) is 29.7 Å². The molecular formula is C13H12Cl3N. The van der Waals surface area contributed by atoms with E-state index in [0.717, 1.165) is 22.2 Å². The lowest BCUT2D eigenvalue weighted by molar-refractivity contribution is 0.828. The summed E-state index contributed by atoms with van der Waals surface area (Å²) < 4.78 is 0. The smallest absolute Gasteiger partial charge is 0.0738 e. The SMILES string of the molecule is CC(C)c1cc(CCl)c2c(Cl)cc(Cl)cc2n1. The van der Waals surface area contributed by atoms with Crippen LogP contribution < -0.4 is 0 Å². The molecule has 0 bridgehead atoms. The number of rotatable bonds is 2. The highest BCUT2D eigenvalue weighted by atomic mass is 35.5. The van der Waals surface area contributed by atoms with Crippen molar-refractivity contribution < 1.29 is 0 Å². The monoisotopic (exact) mass is 287 g/mol. The molecule has 0 saturated carbocycles. The first-order valence-corrected chi connectivity index (χ1v) is 6.66. The third-order valence-corrected chi connectivity index (χ3v) is 3.47. The minimum atomic E-state index is 0.346. The normalized spacial score (nSPS) is 11.4. The summed E-state index contributed by atoms with van der Waals surface area (Å²) in [6.45, 7) is 4.19. The predicted octanol–water partition coefficient (Wildman–Crippen LogP) is 5.40. The standard InChI is InChI=1S/C13H12Cl3N/c1-7(2)11-3-8(6-14)13-10(16)4-9(15)5-12(13)17-11/h3-5,7H,6H2,1-2H3. The van der Waals surface area contributed by atoms with Gasteiger partial charge in [0.05, 0.1) is 10.5 Å². The van der Waals surface area contributed by atoms with Crippen LogP contribution in [-0.2, 0) is 5.88 Å². The third-order valence-electron chi connectivity index (χ3n) is 2.66. The van der Waals surface area contributed by atoms with Gasteiger partial charge >= 0.3 is 0 Å². The Morgan fingerprint density at radius 2 is 1.88 bits per heavy atom. The highest BCUT2D eigenvalue weighted by Crippen LogP contribution is 2.32. The second-order valence-electron chi connectivity index (χ2n) is 4.28. The molecule has 1 aromatic carbocycles. The quantitative estimate of drug-likeness (QED) is 0.674. The molecule has 0 aliphatic rings. The van der Waals surface area contributed by atoms with Crippen molar-refractivity contribution in [3.05, 3.63) is 39.5 Å². The molecule has 0 aliphatic carbocycles. The average molecular weight is 289 g/mol. The number of alkyl halides is 1. The highest BCUT2D eigenvalue weighted by molar-refractivity contribution is 6.39. The lowest BCUT2D eigenvalue weighted by Crippen LogP contribution is -1.97. The minimum absolute atomic E-state index is 0.346. The fraction of sp³-hybridized carbons (Fsp3) is 0.308. The van der Waals surface area contributed by atoms with Crippen molar-refractivity contribution in [2.45, 2.75) is 25.6 Å². The number of nitrogens with zero attached hydrogens (tertiary/aromatic N) is 1. The van der Waals surface area contributed by atoms with E-state index in [1.165, 1.54) is 0 Å². The van der Waals surface area contributed by atoms with Crippen LogP contribution >= 0.6 is 34.8 Å². The van der Waals surface area contributed by atoms with Crippen LogP contribution in [0, 0.1) is 0 Å².